The molecule has 0 bridgehead atoms. The fourth-order valence-corrected chi connectivity index (χ4v) is 2.17. The van der Waals surface area contributed by atoms with Crippen LogP contribution in [-0.4, -0.2) is 25.2 Å². The summed E-state index contributed by atoms with van der Waals surface area (Å²) in [6.45, 7) is 6.59. The Labute approximate surface area is 131 Å². The fourth-order valence-electron chi connectivity index (χ4n) is 2.17. The van der Waals surface area contributed by atoms with E-state index < -0.39 is 0 Å². The normalized spacial score (nSPS) is 17.2. The Kier molecular flexibility index (Phi) is 6.30. The van der Waals surface area contributed by atoms with Crippen LogP contribution in [0, 0.1) is 5.92 Å². The Morgan fingerprint density at radius 3 is 2.90 bits per heavy atom. The first-order chi connectivity index (χ1) is 9.55. The lowest BCUT2D eigenvalue weighted by atomic mass is 10.1. The van der Waals surface area contributed by atoms with Gasteiger partial charge in [0.2, 0.25) is 5.91 Å². The number of benzene rings is 1. The molecule has 2 unspecified atom stereocenters. The quantitative estimate of drug-likeness (QED) is 0.875. The highest BCUT2D eigenvalue weighted by Gasteiger charge is 2.23. The molecule has 0 saturated carbocycles. The van der Waals surface area contributed by atoms with E-state index in [1.54, 1.807) is 6.92 Å². The van der Waals surface area contributed by atoms with Gasteiger partial charge in [0.05, 0.1) is 12.3 Å². The van der Waals surface area contributed by atoms with Crippen LogP contribution in [0.1, 0.15) is 26.3 Å². The van der Waals surface area contributed by atoms with Gasteiger partial charge in [-0.3, -0.25) is 4.79 Å². The second-order valence-electron chi connectivity index (χ2n) is 5.15. The van der Waals surface area contributed by atoms with Crippen molar-refractivity contribution in [2.45, 2.75) is 33.3 Å². The van der Waals surface area contributed by atoms with E-state index in [1.807, 2.05) is 26.0 Å². The highest BCUT2D eigenvalue weighted by molar-refractivity contribution is 5.94. The molecule has 0 radical (unpaired) electrons. The number of rotatable bonds is 5. The molecule has 0 spiro atoms. The van der Waals surface area contributed by atoms with Gasteiger partial charge in [0.25, 0.3) is 0 Å². The number of halogens is 1. The maximum Gasteiger partial charge on any atom is 0.228 e. The second kappa shape index (κ2) is 7.52. The van der Waals surface area contributed by atoms with Gasteiger partial charge in [-0.25, -0.2) is 0 Å². The lowest BCUT2D eigenvalue weighted by molar-refractivity contribution is -0.119. The molecule has 0 aromatic heterocycles. The van der Waals surface area contributed by atoms with E-state index in [0.29, 0.717) is 24.6 Å². The van der Waals surface area contributed by atoms with Crippen LogP contribution in [0.3, 0.4) is 0 Å². The first-order valence-corrected chi connectivity index (χ1v) is 7.02. The van der Waals surface area contributed by atoms with Crippen LogP contribution >= 0.6 is 12.4 Å². The number of hydrogen-bond donors (Lipinski definition) is 2. The van der Waals surface area contributed by atoms with Crippen molar-refractivity contribution in [2.75, 3.05) is 18.5 Å². The molecule has 1 amide bonds. The molecule has 0 aliphatic carbocycles. The van der Waals surface area contributed by atoms with Gasteiger partial charge in [0.15, 0.2) is 0 Å². The van der Waals surface area contributed by atoms with Crippen molar-refractivity contribution in [1.29, 1.82) is 0 Å². The van der Waals surface area contributed by atoms with Gasteiger partial charge < -0.3 is 20.5 Å². The van der Waals surface area contributed by atoms with Crippen LogP contribution in [0.4, 0.5) is 5.69 Å². The Morgan fingerprint density at radius 1 is 1.57 bits per heavy atom. The number of hydrogen-bond acceptors (Lipinski definition) is 4. The molecule has 5 nitrogen and oxygen atoms in total. The first-order valence-electron chi connectivity index (χ1n) is 7.02. The van der Waals surface area contributed by atoms with Crippen LogP contribution in [-0.2, 0) is 11.2 Å². The number of nitrogens with one attached hydrogen (secondary N) is 1. The average Bonchev–Trinajstić information content (AvgIpc) is 2.77. The molecule has 2 rings (SSSR count). The van der Waals surface area contributed by atoms with Crippen molar-refractivity contribution in [1.82, 2.24) is 0 Å². The van der Waals surface area contributed by atoms with Crippen molar-refractivity contribution < 1.29 is 14.3 Å². The number of fused-ring (bicyclic) bond motifs is 1. The molecule has 0 saturated heterocycles. The van der Waals surface area contributed by atoms with Crippen LogP contribution in [0.2, 0.25) is 0 Å². The van der Waals surface area contributed by atoms with Crippen LogP contribution in [0.5, 0.6) is 11.5 Å². The van der Waals surface area contributed by atoms with E-state index in [1.165, 1.54) is 0 Å². The van der Waals surface area contributed by atoms with Crippen LogP contribution in [0.15, 0.2) is 12.1 Å². The van der Waals surface area contributed by atoms with Crippen molar-refractivity contribution in [2.24, 2.45) is 11.7 Å². The Morgan fingerprint density at radius 2 is 2.29 bits per heavy atom. The predicted molar refractivity (Wildman–Crippen MR) is 85.5 cm³/mol. The van der Waals surface area contributed by atoms with Gasteiger partial charge in [0.1, 0.15) is 17.6 Å². The lowest BCUT2D eigenvalue weighted by Gasteiger charge is -2.15. The highest BCUT2D eigenvalue weighted by atomic mass is 35.5. The smallest absolute Gasteiger partial charge is 0.228 e. The summed E-state index contributed by atoms with van der Waals surface area (Å²) in [5.74, 6) is 1.15. The topological polar surface area (TPSA) is 73.6 Å². The lowest BCUT2D eigenvalue weighted by Crippen LogP contribution is -2.26. The Bertz CT molecular complexity index is 508. The number of amides is 1. The SMILES string of the molecule is CCOc1cc2c(cc1NC(=O)C(C)CN)OC(C)C2.Cl. The minimum Gasteiger partial charge on any atom is -0.492 e. The third-order valence-corrected chi connectivity index (χ3v) is 3.36. The van der Waals surface area contributed by atoms with Crippen LogP contribution < -0.4 is 20.5 Å². The van der Waals surface area contributed by atoms with Gasteiger partial charge >= 0.3 is 0 Å². The van der Waals surface area contributed by atoms with E-state index in [2.05, 4.69) is 5.32 Å². The summed E-state index contributed by atoms with van der Waals surface area (Å²) in [7, 11) is 0. The fraction of sp³-hybridized carbons (Fsp3) is 0.533. The van der Waals surface area contributed by atoms with E-state index >= 15 is 0 Å². The Hall–Kier alpha value is -1.46. The molecular weight excluding hydrogens is 292 g/mol. The number of ether oxygens (including phenoxy) is 2. The summed E-state index contributed by atoms with van der Waals surface area (Å²) in [5.41, 5.74) is 7.27. The van der Waals surface area contributed by atoms with E-state index in [9.17, 15) is 4.79 Å². The van der Waals surface area contributed by atoms with Crippen molar-refractivity contribution in [3.8, 4) is 11.5 Å². The molecule has 1 aliphatic rings. The predicted octanol–water partition coefficient (Wildman–Crippen LogP) is 2.36. The zero-order valence-electron chi connectivity index (χ0n) is 12.6. The zero-order chi connectivity index (χ0) is 14.7. The number of anilines is 1. The van der Waals surface area contributed by atoms with E-state index in [-0.39, 0.29) is 30.3 Å². The minimum atomic E-state index is -0.238. The molecule has 3 N–H and O–H groups in total. The molecule has 1 aromatic rings. The largest absolute Gasteiger partial charge is 0.492 e. The average molecular weight is 315 g/mol. The molecule has 1 aliphatic heterocycles. The van der Waals surface area contributed by atoms with Gasteiger partial charge in [-0.15, -0.1) is 12.4 Å². The highest BCUT2D eigenvalue weighted by Crippen LogP contribution is 2.38. The maximum absolute atomic E-state index is 12.0. The van der Waals surface area contributed by atoms with Crippen LogP contribution in [0.25, 0.3) is 0 Å². The van der Waals surface area contributed by atoms with E-state index in [0.717, 1.165) is 17.7 Å². The molecule has 118 valence electrons. The van der Waals surface area contributed by atoms with Gasteiger partial charge in [-0.2, -0.15) is 0 Å². The van der Waals surface area contributed by atoms with Crippen molar-refractivity contribution in [3.63, 3.8) is 0 Å². The summed E-state index contributed by atoms with van der Waals surface area (Å²) in [4.78, 5) is 12.0. The van der Waals surface area contributed by atoms with E-state index in [4.69, 9.17) is 15.2 Å². The summed E-state index contributed by atoms with van der Waals surface area (Å²) < 4.78 is 11.3. The zero-order valence-corrected chi connectivity index (χ0v) is 13.5. The molecule has 0 fully saturated rings. The summed E-state index contributed by atoms with van der Waals surface area (Å²) in [6.07, 6.45) is 1.02. The molecule has 1 aromatic carbocycles. The second-order valence-corrected chi connectivity index (χ2v) is 5.15. The molecule has 21 heavy (non-hydrogen) atoms. The van der Waals surface area contributed by atoms with Gasteiger partial charge in [0, 0.05) is 30.5 Å². The monoisotopic (exact) mass is 314 g/mol. The minimum absolute atomic E-state index is 0. The number of carbonyl (C=O) groups is 1. The van der Waals surface area contributed by atoms with Crippen molar-refractivity contribution in [3.05, 3.63) is 17.7 Å². The summed E-state index contributed by atoms with van der Waals surface area (Å²) in [6, 6.07) is 3.79. The number of nitrogens with two attached hydrogens (primary N) is 1. The molecule has 1 heterocycles. The first kappa shape index (κ1) is 17.6. The summed E-state index contributed by atoms with van der Waals surface area (Å²) in [5, 5.41) is 2.87. The van der Waals surface area contributed by atoms with Crippen molar-refractivity contribution >= 4 is 24.0 Å². The van der Waals surface area contributed by atoms with Gasteiger partial charge in [-0.05, 0) is 19.9 Å². The summed E-state index contributed by atoms with van der Waals surface area (Å²) >= 11 is 0. The standard InChI is InChI=1S/C15H22N2O3.ClH/c1-4-19-14-6-11-5-10(3)20-13(11)7-12(14)17-15(18)9(2)8-16;/h6-7,9-10H,4-5,8,16H2,1-3H3,(H,17,18);1H. The third-order valence-electron chi connectivity index (χ3n) is 3.36. The third kappa shape index (κ3) is 4.02. The Balaban J connectivity index is 0.00000220. The molecule has 6 heteroatoms. The number of carbonyl (C=O) groups excluding carboxylic acids is 1. The molecular formula is C15H23ClN2O3. The van der Waals surface area contributed by atoms with Gasteiger partial charge in [-0.1, -0.05) is 6.92 Å². The molecule has 2 atom stereocenters. The maximum atomic E-state index is 12.0.